The molecule has 2 rings (SSSR count). The molecular weight excluding hydrogens is 242 g/mol. The molecule has 1 aromatic heterocycles. The number of methoxy groups -OCH3 is 1. The summed E-state index contributed by atoms with van der Waals surface area (Å²) in [6, 6.07) is 0. The van der Waals surface area contributed by atoms with Gasteiger partial charge in [-0.05, 0) is 13.8 Å². The number of rotatable bonds is 4. The lowest BCUT2D eigenvalue weighted by Crippen LogP contribution is -2.21. The number of Topliss-reactive ketones (excluding diaryl/α,β-unsaturated/α-hetero) is 1. The predicted molar refractivity (Wildman–Crippen MR) is 62.2 cm³/mol. The van der Waals surface area contributed by atoms with Gasteiger partial charge in [-0.25, -0.2) is 4.98 Å². The molecule has 1 aliphatic rings. The summed E-state index contributed by atoms with van der Waals surface area (Å²) in [4.78, 5) is 16.8. The summed E-state index contributed by atoms with van der Waals surface area (Å²) in [6.07, 6.45) is 1.15. The third-order valence-corrected chi connectivity index (χ3v) is 3.92. The molecule has 94 valence electrons. The van der Waals surface area contributed by atoms with Crippen molar-refractivity contribution in [3.63, 3.8) is 0 Å². The van der Waals surface area contributed by atoms with Crippen molar-refractivity contribution in [3.05, 3.63) is 16.1 Å². The quantitative estimate of drug-likeness (QED) is 0.766. The van der Waals surface area contributed by atoms with E-state index in [4.69, 9.17) is 14.2 Å². The number of ether oxygens (including phenoxy) is 3. The molecule has 0 radical (unpaired) electrons. The van der Waals surface area contributed by atoms with Crippen LogP contribution in [0.25, 0.3) is 0 Å². The topological polar surface area (TPSA) is 57.7 Å². The van der Waals surface area contributed by atoms with Gasteiger partial charge >= 0.3 is 0 Å². The minimum atomic E-state index is -0.757. The van der Waals surface area contributed by atoms with Gasteiger partial charge in [0.2, 0.25) is 11.6 Å². The Morgan fingerprint density at radius 2 is 2.24 bits per heavy atom. The molecule has 1 unspecified atom stereocenters. The first kappa shape index (κ1) is 12.6. The highest BCUT2D eigenvalue weighted by molar-refractivity contribution is 7.13. The monoisotopic (exact) mass is 257 g/mol. The number of nitrogens with zero attached hydrogens (tertiary/aromatic N) is 1. The second-order valence-corrected chi connectivity index (χ2v) is 4.95. The van der Waals surface area contributed by atoms with E-state index in [-0.39, 0.29) is 5.78 Å². The van der Waals surface area contributed by atoms with Crippen molar-refractivity contribution in [1.29, 1.82) is 0 Å². The Morgan fingerprint density at radius 3 is 2.82 bits per heavy atom. The third kappa shape index (κ3) is 2.40. The van der Waals surface area contributed by atoms with Gasteiger partial charge in [0.1, 0.15) is 6.10 Å². The van der Waals surface area contributed by atoms with Crippen LogP contribution in [-0.2, 0) is 20.0 Å². The maximum Gasteiger partial charge on any atom is 0.219 e. The van der Waals surface area contributed by atoms with Crippen LogP contribution < -0.4 is 0 Å². The van der Waals surface area contributed by atoms with Gasteiger partial charge < -0.3 is 14.2 Å². The van der Waals surface area contributed by atoms with Crippen molar-refractivity contribution in [2.24, 2.45) is 0 Å². The lowest BCUT2D eigenvalue weighted by Gasteiger charge is -2.19. The lowest BCUT2D eigenvalue weighted by molar-refractivity contribution is -0.147. The van der Waals surface area contributed by atoms with E-state index in [9.17, 15) is 4.79 Å². The van der Waals surface area contributed by atoms with E-state index in [1.54, 1.807) is 13.1 Å². The van der Waals surface area contributed by atoms with E-state index >= 15 is 0 Å². The Bertz CT molecular complexity index is 411. The SMILES string of the molecule is COC(C)C(=O)c1ncc(C2(C)OCCO2)s1. The fraction of sp³-hybridized carbons (Fsp3) is 0.636. The van der Waals surface area contributed by atoms with E-state index in [0.717, 1.165) is 4.88 Å². The summed E-state index contributed by atoms with van der Waals surface area (Å²) in [7, 11) is 1.50. The molecule has 0 bridgehead atoms. The van der Waals surface area contributed by atoms with Crippen molar-refractivity contribution >= 4 is 17.1 Å². The van der Waals surface area contributed by atoms with E-state index < -0.39 is 11.9 Å². The van der Waals surface area contributed by atoms with Crippen molar-refractivity contribution in [2.75, 3.05) is 20.3 Å². The van der Waals surface area contributed by atoms with Gasteiger partial charge in [-0.3, -0.25) is 4.79 Å². The van der Waals surface area contributed by atoms with E-state index in [1.807, 2.05) is 6.92 Å². The molecule has 0 spiro atoms. The molecule has 1 fully saturated rings. The first-order chi connectivity index (χ1) is 8.07. The molecule has 17 heavy (non-hydrogen) atoms. The first-order valence-corrected chi connectivity index (χ1v) is 6.19. The smallest absolute Gasteiger partial charge is 0.219 e. The normalized spacial score (nSPS) is 20.4. The van der Waals surface area contributed by atoms with Gasteiger partial charge in [-0.1, -0.05) is 0 Å². The lowest BCUT2D eigenvalue weighted by atomic mass is 10.3. The predicted octanol–water partition coefficient (Wildman–Crippen LogP) is 1.58. The number of hydrogen-bond acceptors (Lipinski definition) is 6. The minimum Gasteiger partial charge on any atom is -0.373 e. The highest BCUT2D eigenvalue weighted by atomic mass is 32.1. The minimum absolute atomic E-state index is 0.120. The van der Waals surface area contributed by atoms with Gasteiger partial charge in [-0.15, -0.1) is 11.3 Å². The number of hydrogen-bond donors (Lipinski definition) is 0. The van der Waals surface area contributed by atoms with Gasteiger partial charge in [0.15, 0.2) is 5.01 Å². The highest BCUT2D eigenvalue weighted by Gasteiger charge is 2.36. The molecule has 2 heterocycles. The summed E-state index contributed by atoms with van der Waals surface area (Å²) in [5.41, 5.74) is 0. The van der Waals surface area contributed by atoms with Crippen molar-refractivity contribution in [1.82, 2.24) is 4.98 Å². The average molecular weight is 257 g/mol. The Hall–Kier alpha value is -0.820. The maximum absolute atomic E-state index is 11.8. The van der Waals surface area contributed by atoms with E-state index in [1.165, 1.54) is 18.4 Å². The second-order valence-electron chi connectivity index (χ2n) is 3.91. The molecule has 6 heteroatoms. The molecule has 1 saturated heterocycles. The standard InChI is InChI=1S/C11H15NO4S/c1-7(14-3)9(13)10-12-6-8(17-10)11(2)15-4-5-16-11/h6-7H,4-5H2,1-3H3. The molecule has 1 aliphatic heterocycles. The fourth-order valence-corrected chi connectivity index (χ4v) is 2.52. The molecule has 5 nitrogen and oxygen atoms in total. The van der Waals surface area contributed by atoms with Crippen LogP contribution in [-0.4, -0.2) is 37.2 Å². The maximum atomic E-state index is 11.8. The van der Waals surface area contributed by atoms with E-state index in [2.05, 4.69) is 4.98 Å². The number of thiazole rings is 1. The zero-order valence-corrected chi connectivity index (χ0v) is 10.9. The Balaban J connectivity index is 2.18. The molecule has 0 N–H and O–H groups in total. The number of carbonyl (C=O) groups excluding carboxylic acids is 1. The zero-order chi connectivity index (χ0) is 12.5. The molecule has 0 aromatic carbocycles. The summed E-state index contributed by atoms with van der Waals surface area (Å²) < 4.78 is 16.0. The van der Waals surface area contributed by atoms with Crippen LogP contribution in [0.3, 0.4) is 0 Å². The summed E-state index contributed by atoms with van der Waals surface area (Å²) in [5, 5.41) is 0.426. The molecule has 0 amide bonds. The van der Waals surface area contributed by atoms with Gasteiger partial charge in [0, 0.05) is 13.3 Å². The Labute approximate surface area is 104 Å². The van der Waals surface area contributed by atoms with Crippen LogP contribution in [0.5, 0.6) is 0 Å². The first-order valence-electron chi connectivity index (χ1n) is 5.38. The van der Waals surface area contributed by atoms with E-state index in [0.29, 0.717) is 18.2 Å². The van der Waals surface area contributed by atoms with Gasteiger partial charge in [0.25, 0.3) is 0 Å². The van der Waals surface area contributed by atoms with Gasteiger partial charge in [0.05, 0.1) is 18.1 Å². The summed E-state index contributed by atoms with van der Waals surface area (Å²) in [5.74, 6) is -0.877. The second kappa shape index (κ2) is 4.81. The van der Waals surface area contributed by atoms with Crippen molar-refractivity contribution in [2.45, 2.75) is 25.7 Å². The number of carbonyl (C=O) groups is 1. The largest absolute Gasteiger partial charge is 0.373 e. The number of ketones is 1. The molecule has 0 saturated carbocycles. The Morgan fingerprint density at radius 1 is 1.59 bits per heavy atom. The van der Waals surface area contributed by atoms with Crippen LogP contribution in [0.15, 0.2) is 6.20 Å². The zero-order valence-electron chi connectivity index (χ0n) is 10.1. The van der Waals surface area contributed by atoms with Crippen LogP contribution in [0.4, 0.5) is 0 Å². The molecule has 0 aliphatic carbocycles. The van der Waals surface area contributed by atoms with Crippen molar-refractivity contribution < 1.29 is 19.0 Å². The van der Waals surface area contributed by atoms with Crippen LogP contribution in [0.1, 0.15) is 28.5 Å². The summed E-state index contributed by atoms with van der Waals surface area (Å²) >= 11 is 1.29. The third-order valence-electron chi connectivity index (χ3n) is 2.73. The van der Waals surface area contributed by atoms with Crippen molar-refractivity contribution in [3.8, 4) is 0 Å². The summed E-state index contributed by atoms with van der Waals surface area (Å²) in [6.45, 7) is 4.66. The molecular formula is C11H15NO4S. The Kier molecular flexibility index (Phi) is 3.58. The van der Waals surface area contributed by atoms with Crippen LogP contribution in [0.2, 0.25) is 0 Å². The fourth-order valence-electron chi connectivity index (χ4n) is 1.54. The molecule has 1 aromatic rings. The molecule has 1 atom stereocenters. The van der Waals surface area contributed by atoms with Gasteiger partial charge in [-0.2, -0.15) is 0 Å². The van der Waals surface area contributed by atoms with Crippen LogP contribution in [0, 0.1) is 0 Å². The average Bonchev–Trinajstić information content (AvgIpc) is 2.96. The number of aromatic nitrogens is 1. The highest BCUT2D eigenvalue weighted by Crippen LogP contribution is 2.34. The van der Waals surface area contributed by atoms with Crippen LogP contribution >= 0.6 is 11.3 Å².